The maximum Gasteiger partial charge on any atom is 0.263 e. The fraction of sp³-hybridized carbons (Fsp3) is 0.263. The summed E-state index contributed by atoms with van der Waals surface area (Å²) in [6, 6.07) is 8.07. The lowest BCUT2D eigenvalue weighted by atomic mass is 10.1. The molecule has 0 atom stereocenters. The number of benzene rings is 1. The molecule has 0 radical (unpaired) electrons. The zero-order chi connectivity index (χ0) is 19.8. The van der Waals surface area contributed by atoms with Crippen molar-refractivity contribution < 1.29 is 13.2 Å². The Bertz CT molecular complexity index is 1080. The number of aryl methyl sites for hydroxylation is 1. The molecule has 2 heterocycles. The largest absolute Gasteiger partial charge is 0.295 e. The average molecular weight is 421 g/mol. The lowest BCUT2D eigenvalue weighted by Crippen LogP contribution is -2.13. The van der Waals surface area contributed by atoms with Crippen molar-refractivity contribution in [3.05, 3.63) is 51.8 Å². The normalized spacial score (nSPS) is 11.7. The summed E-state index contributed by atoms with van der Waals surface area (Å²) in [5, 5.41) is 2.84. The summed E-state index contributed by atoms with van der Waals surface area (Å²) >= 11 is 2.94. The molecule has 0 saturated heterocycles. The number of aromatic nitrogens is 1. The van der Waals surface area contributed by atoms with Crippen LogP contribution in [0.25, 0.3) is 9.88 Å². The van der Waals surface area contributed by atoms with Gasteiger partial charge in [-0.25, -0.2) is 13.4 Å². The van der Waals surface area contributed by atoms with E-state index < -0.39 is 10.0 Å². The van der Waals surface area contributed by atoms with E-state index in [0.29, 0.717) is 22.0 Å². The first-order valence-corrected chi connectivity index (χ1v) is 11.6. The van der Waals surface area contributed by atoms with Crippen LogP contribution in [0.3, 0.4) is 0 Å². The Labute approximate surface area is 167 Å². The molecule has 3 rings (SSSR count). The van der Waals surface area contributed by atoms with Crippen LogP contribution < -0.4 is 4.72 Å². The monoisotopic (exact) mass is 420 g/mol. The van der Waals surface area contributed by atoms with Crippen LogP contribution in [0.2, 0.25) is 0 Å². The fourth-order valence-corrected chi connectivity index (χ4v) is 6.18. The molecular formula is C19H20N2O3S3. The first kappa shape index (κ1) is 19.7. The summed E-state index contributed by atoms with van der Waals surface area (Å²) in [5.41, 5.74) is 1.97. The molecule has 8 heteroatoms. The van der Waals surface area contributed by atoms with Gasteiger partial charge in [-0.1, -0.05) is 13.8 Å². The minimum Gasteiger partial charge on any atom is -0.295 e. The number of carbonyl (C=O) groups excluding carboxylic acids is 1. The third kappa shape index (κ3) is 4.28. The minimum atomic E-state index is -3.72. The molecule has 0 amide bonds. The molecule has 0 aliphatic rings. The molecule has 142 valence electrons. The highest BCUT2D eigenvalue weighted by atomic mass is 32.2. The van der Waals surface area contributed by atoms with Gasteiger partial charge in [0.2, 0.25) is 0 Å². The van der Waals surface area contributed by atoms with E-state index in [1.165, 1.54) is 29.6 Å². The van der Waals surface area contributed by atoms with Crippen LogP contribution in [-0.4, -0.2) is 19.2 Å². The molecule has 1 N–H and O–H groups in total. The van der Waals surface area contributed by atoms with Crippen LogP contribution in [0.15, 0.2) is 40.6 Å². The minimum absolute atomic E-state index is 0.0630. The van der Waals surface area contributed by atoms with Crippen molar-refractivity contribution >= 4 is 44.2 Å². The van der Waals surface area contributed by atoms with Crippen LogP contribution in [0.4, 0.5) is 5.69 Å². The fourth-order valence-electron chi connectivity index (χ4n) is 2.49. The number of rotatable bonds is 6. The summed E-state index contributed by atoms with van der Waals surface area (Å²) < 4.78 is 28.2. The zero-order valence-corrected chi connectivity index (χ0v) is 17.9. The number of anilines is 1. The highest BCUT2D eigenvalue weighted by molar-refractivity contribution is 7.93. The highest BCUT2D eigenvalue weighted by Crippen LogP contribution is 2.36. The third-order valence-electron chi connectivity index (χ3n) is 4.03. The quantitative estimate of drug-likeness (QED) is 0.549. The number of carbonyl (C=O) groups is 1. The van der Waals surface area contributed by atoms with Gasteiger partial charge in [0.05, 0.1) is 10.6 Å². The number of thiophene rings is 1. The lowest BCUT2D eigenvalue weighted by molar-refractivity contribution is 0.101. The second-order valence-corrected chi connectivity index (χ2v) is 10.3. The van der Waals surface area contributed by atoms with Gasteiger partial charge in [-0.3, -0.25) is 9.52 Å². The van der Waals surface area contributed by atoms with Crippen molar-refractivity contribution in [3.63, 3.8) is 0 Å². The predicted molar refractivity (Wildman–Crippen MR) is 112 cm³/mol. The van der Waals surface area contributed by atoms with Crippen LogP contribution in [0.1, 0.15) is 47.6 Å². The van der Waals surface area contributed by atoms with E-state index in [1.807, 2.05) is 5.38 Å². The Hall–Kier alpha value is -2.03. The van der Waals surface area contributed by atoms with E-state index in [-0.39, 0.29) is 10.7 Å². The molecule has 0 fully saturated rings. The second-order valence-electron chi connectivity index (χ2n) is 6.50. The second kappa shape index (κ2) is 7.53. The average Bonchev–Trinajstić information content (AvgIpc) is 3.22. The van der Waals surface area contributed by atoms with E-state index in [4.69, 9.17) is 0 Å². The molecule has 1 aromatic carbocycles. The Morgan fingerprint density at radius 2 is 1.85 bits per heavy atom. The molecule has 0 saturated carbocycles. The van der Waals surface area contributed by atoms with Crippen molar-refractivity contribution in [2.45, 2.75) is 38.5 Å². The maximum atomic E-state index is 12.8. The molecule has 0 bridgehead atoms. The molecule has 2 aromatic heterocycles. The van der Waals surface area contributed by atoms with Crippen LogP contribution in [-0.2, 0) is 10.0 Å². The number of hydrogen-bond donors (Lipinski definition) is 1. The number of nitrogens with zero attached hydrogens (tertiary/aromatic N) is 1. The standard InChI is InChI=1S/C19H20N2O3S3/c1-11(2)16-10-25-19(20-16)17-9-18(13(4)26-17)27(23,24)21-15-7-5-14(6-8-15)12(3)22/h5-11,21H,1-4H3. The van der Waals surface area contributed by atoms with E-state index in [1.54, 1.807) is 37.3 Å². The Balaban J connectivity index is 1.88. The number of nitrogens with one attached hydrogen (secondary N) is 1. The van der Waals surface area contributed by atoms with Crippen LogP contribution in [0, 0.1) is 6.92 Å². The molecule has 5 nitrogen and oxygen atoms in total. The van der Waals surface area contributed by atoms with Crippen molar-refractivity contribution in [3.8, 4) is 9.88 Å². The molecule has 0 aliphatic carbocycles. The number of sulfonamides is 1. The van der Waals surface area contributed by atoms with E-state index >= 15 is 0 Å². The van der Waals surface area contributed by atoms with Crippen LogP contribution in [0.5, 0.6) is 0 Å². The van der Waals surface area contributed by atoms with Gasteiger partial charge < -0.3 is 0 Å². The molecule has 27 heavy (non-hydrogen) atoms. The van der Waals surface area contributed by atoms with Crippen molar-refractivity contribution in [2.24, 2.45) is 0 Å². The summed E-state index contributed by atoms with van der Waals surface area (Å²) in [5.74, 6) is 0.269. The summed E-state index contributed by atoms with van der Waals surface area (Å²) in [6.07, 6.45) is 0. The third-order valence-corrected chi connectivity index (χ3v) is 7.75. The zero-order valence-electron chi connectivity index (χ0n) is 15.4. The van der Waals surface area contributed by atoms with Crippen molar-refractivity contribution in [1.82, 2.24) is 4.98 Å². The number of Topliss-reactive ketones (excluding diaryl/α,β-unsaturated/α-hetero) is 1. The molecule has 0 spiro atoms. The lowest BCUT2D eigenvalue weighted by Gasteiger charge is -2.08. The van der Waals surface area contributed by atoms with Crippen LogP contribution >= 0.6 is 22.7 Å². The first-order chi connectivity index (χ1) is 12.7. The van der Waals surface area contributed by atoms with E-state index in [0.717, 1.165) is 15.6 Å². The van der Waals surface area contributed by atoms with Gasteiger partial charge >= 0.3 is 0 Å². The molecule has 0 unspecified atom stereocenters. The summed E-state index contributed by atoms with van der Waals surface area (Å²) in [7, 11) is -3.72. The summed E-state index contributed by atoms with van der Waals surface area (Å²) in [4.78, 5) is 17.8. The first-order valence-electron chi connectivity index (χ1n) is 8.37. The van der Waals surface area contributed by atoms with Gasteiger partial charge in [0.15, 0.2) is 5.78 Å². The van der Waals surface area contributed by atoms with E-state index in [2.05, 4.69) is 23.6 Å². The highest BCUT2D eigenvalue weighted by Gasteiger charge is 2.22. The van der Waals surface area contributed by atoms with Gasteiger partial charge in [0.25, 0.3) is 10.0 Å². The van der Waals surface area contributed by atoms with E-state index in [9.17, 15) is 13.2 Å². The van der Waals surface area contributed by atoms with Crippen molar-refractivity contribution in [2.75, 3.05) is 4.72 Å². The summed E-state index contributed by atoms with van der Waals surface area (Å²) in [6.45, 7) is 7.42. The topological polar surface area (TPSA) is 76.1 Å². The number of thiazole rings is 1. The Kier molecular flexibility index (Phi) is 5.50. The van der Waals surface area contributed by atoms with Gasteiger partial charge in [0.1, 0.15) is 9.90 Å². The van der Waals surface area contributed by atoms with Gasteiger partial charge in [-0.05, 0) is 50.1 Å². The SMILES string of the molecule is CC(=O)c1ccc(NS(=O)(=O)c2cc(-c3nc(C(C)C)cs3)sc2C)cc1. The molecule has 3 aromatic rings. The Morgan fingerprint density at radius 3 is 2.41 bits per heavy atom. The van der Waals surface area contributed by atoms with Gasteiger partial charge in [0, 0.05) is 21.5 Å². The number of ketones is 1. The smallest absolute Gasteiger partial charge is 0.263 e. The van der Waals surface area contributed by atoms with Crippen molar-refractivity contribution in [1.29, 1.82) is 0 Å². The van der Waals surface area contributed by atoms with Gasteiger partial charge in [-0.2, -0.15) is 0 Å². The molecule has 0 aliphatic heterocycles. The predicted octanol–water partition coefficient (Wildman–Crippen LogP) is 5.31. The maximum absolute atomic E-state index is 12.8. The molecular weight excluding hydrogens is 400 g/mol. The Morgan fingerprint density at radius 1 is 1.19 bits per heavy atom. The van der Waals surface area contributed by atoms with Gasteiger partial charge in [-0.15, -0.1) is 22.7 Å². The number of hydrogen-bond acceptors (Lipinski definition) is 6.